The van der Waals surface area contributed by atoms with Crippen molar-refractivity contribution in [2.45, 2.75) is 40.2 Å². The van der Waals surface area contributed by atoms with Gasteiger partial charge < -0.3 is 5.32 Å². The van der Waals surface area contributed by atoms with Crippen LogP contribution in [-0.2, 0) is 6.54 Å². The van der Waals surface area contributed by atoms with E-state index in [4.69, 9.17) is 0 Å². The highest BCUT2D eigenvalue weighted by molar-refractivity contribution is 5.30. The van der Waals surface area contributed by atoms with Gasteiger partial charge in [0.1, 0.15) is 0 Å². The molecule has 5 nitrogen and oxygen atoms in total. The number of nitrogens with one attached hydrogen (secondary N) is 1. The predicted octanol–water partition coefficient (Wildman–Crippen LogP) is 2.53. The molecule has 0 saturated heterocycles. The van der Waals surface area contributed by atoms with Crippen molar-refractivity contribution < 1.29 is 0 Å². The number of rotatable bonds is 6. The van der Waals surface area contributed by atoms with Crippen LogP contribution in [0.15, 0.2) is 24.5 Å². The molecule has 1 N–H and O–H groups in total. The van der Waals surface area contributed by atoms with Crippen molar-refractivity contribution in [2.24, 2.45) is 5.92 Å². The van der Waals surface area contributed by atoms with Crippen molar-refractivity contribution in [3.05, 3.63) is 35.8 Å². The standard InChI is InChI=1S/C15H23N5/c1-11(2)8-16-9-13-10-18-20(15(13)12(3)4)14-6-5-7-17-19-14/h5-7,10-12,16H,8-9H2,1-4H3. The number of aromatic nitrogens is 4. The molecule has 0 bridgehead atoms. The second-order valence-corrected chi connectivity index (χ2v) is 5.73. The van der Waals surface area contributed by atoms with E-state index < -0.39 is 0 Å². The van der Waals surface area contributed by atoms with Crippen molar-refractivity contribution >= 4 is 0 Å². The normalized spacial score (nSPS) is 11.5. The molecule has 0 amide bonds. The van der Waals surface area contributed by atoms with Crippen molar-refractivity contribution in [1.82, 2.24) is 25.3 Å². The van der Waals surface area contributed by atoms with Crippen molar-refractivity contribution in [3.63, 3.8) is 0 Å². The highest BCUT2D eigenvalue weighted by Gasteiger charge is 2.16. The lowest BCUT2D eigenvalue weighted by atomic mass is 10.1. The second kappa shape index (κ2) is 6.61. The van der Waals surface area contributed by atoms with Crippen LogP contribution in [0.25, 0.3) is 5.82 Å². The molecule has 2 aromatic rings. The Hall–Kier alpha value is -1.75. The topological polar surface area (TPSA) is 55.6 Å². The van der Waals surface area contributed by atoms with Crippen molar-refractivity contribution in [1.29, 1.82) is 0 Å². The molecule has 2 rings (SSSR count). The van der Waals surface area contributed by atoms with E-state index in [0.29, 0.717) is 11.8 Å². The minimum absolute atomic E-state index is 0.385. The summed E-state index contributed by atoms with van der Waals surface area (Å²) in [6.07, 6.45) is 3.60. The number of nitrogens with zero attached hydrogens (tertiary/aromatic N) is 4. The zero-order valence-corrected chi connectivity index (χ0v) is 12.7. The van der Waals surface area contributed by atoms with E-state index >= 15 is 0 Å². The maximum absolute atomic E-state index is 4.48. The second-order valence-electron chi connectivity index (χ2n) is 5.73. The minimum atomic E-state index is 0.385. The van der Waals surface area contributed by atoms with Gasteiger partial charge in [-0.3, -0.25) is 0 Å². The van der Waals surface area contributed by atoms with Crippen LogP contribution >= 0.6 is 0 Å². The number of hydrogen-bond donors (Lipinski definition) is 1. The first-order chi connectivity index (χ1) is 9.59. The Balaban J connectivity index is 2.24. The predicted molar refractivity (Wildman–Crippen MR) is 79.8 cm³/mol. The minimum Gasteiger partial charge on any atom is -0.312 e. The molecule has 0 saturated carbocycles. The Morgan fingerprint density at radius 1 is 1.25 bits per heavy atom. The van der Waals surface area contributed by atoms with Gasteiger partial charge in [0.25, 0.3) is 0 Å². The zero-order chi connectivity index (χ0) is 14.5. The van der Waals surface area contributed by atoms with E-state index in [2.05, 4.69) is 48.3 Å². The molecule has 5 heteroatoms. The molecule has 0 atom stereocenters. The highest BCUT2D eigenvalue weighted by Crippen LogP contribution is 2.21. The maximum atomic E-state index is 4.48. The van der Waals surface area contributed by atoms with Crippen LogP contribution in [0.5, 0.6) is 0 Å². The summed E-state index contributed by atoms with van der Waals surface area (Å²) in [4.78, 5) is 0. The van der Waals surface area contributed by atoms with Gasteiger partial charge in [0.15, 0.2) is 5.82 Å². The van der Waals surface area contributed by atoms with Gasteiger partial charge >= 0.3 is 0 Å². The Morgan fingerprint density at radius 3 is 2.65 bits per heavy atom. The molecule has 0 aliphatic rings. The van der Waals surface area contributed by atoms with Crippen LogP contribution in [0.3, 0.4) is 0 Å². The SMILES string of the molecule is CC(C)CNCc1cnn(-c2cccnn2)c1C(C)C. The van der Waals surface area contributed by atoms with Crippen LogP contribution in [0.4, 0.5) is 0 Å². The summed E-state index contributed by atoms with van der Waals surface area (Å²) in [5, 5.41) is 16.0. The Kier molecular flexibility index (Phi) is 4.84. The van der Waals surface area contributed by atoms with Crippen LogP contribution in [-0.4, -0.2) is 26.5 Å². The molecule has 0 spiro atoms. The Morgan fingerprint density at radius 2 is 2.05 bits per heavy atom. The Bertz CT molecular complexity index is 530. The van der Waals surface area contributed by atoms with Gasteiger partial charge in [-0.05, 0) is 30.5 Å². The molecule has 0 fully saturated rings. The van der Waals surface area contributed by atoms with Crippen molar-refractivity contribution in [3.8, 4) is 5.82 Å². The smallest absolute Gasteiger partial charge is 0.175 e. The van der Waals surface area contributed by atoms with Gasteiger partial charge in [0, 0.05) is 18.3 Å². The molecule has 0 aliphatic heterocycles. The van der Waals surface area contributed by atoms with E-state index in [1.54, 1.807) is 6.20 Å². The first kappa shape index (κ1) is 14.7. The lowest BCUT2D eigenvalue weighted by molar-refractivity contribution is 0.549. The lowest BCUT2D eigenvalue weighted by Crippen LogP contribution is -2.20. The van der Waals surface area contributed by atoms with Gasteiger partial charge in [-0.1, -0.05) is 27.7 Å². The van der Waals surface area contributed by atoms with Gasteiger partial charge in [-0.25, -0.2) is 4.68 Å². The largest absolute Gasteiger partial charge is 0.312 e. The molecule has 0 radical (unpaired) electrons. The summed E-state index contributed by atoms with van der Waals surface area (Å²) in [7, 11) is 0. The lowest BCUT2D eigenvalue weighted by Gasteiger charge is -2.13. The molecule has 2 heterocycles. The average Bonchev–Trinajstić information content (AvgIpc) is 2.83. The molecule has 108 valence electrons. The first-order valence-electron chi connectivity index (χ1n) is 7.15. The molecule has 0 aromatic carbocycles. The Labute approximate surface area is 120 Å². The van der Waals surface area contributed by atoms with Crippen LogP contribution in [0, 0.1) is 5.92 Å². The van der Waals surface area contributed by atoms with E-state index in [9.17, 15) is 0 Å². The molecule has 2 aromatic heterocycles. The third-order valence-electron chi connectivity index (χ3n) is 3.08. The summed E-state index contributed by atoms with van der Waals surface area (Å²) in [6, 6.07) is 3.81. The van der Waals surface area contributed by atoms with E-state index in [1.165, 1.54) is 11.3 Å². The summed E-state index contributed by atoms with van der Waals surface area (Å²) in [6.45, 7) is 10.6. The summed E-state index contributed by atoms with van der Waals surface area (Å²) < 4.78 is 1.89. The third kappa shape index (κ3) is 3.42. The summed E-state index contributed by atoms with van der Waals surface area (Å²) >= 11 is 0. The monoisotopic (exact) mass is 273 g/mol. The van der Waals surface area contributed by atoms with E-state index in [1.807, 2.05) is 23.0 Å². The maximum Gasteiger partial charge on any atom is 0.175 e. The van der Waals surface area contributed by atoms with Gasteiger partial charge in [0.05, 0.1) is 11.9 Å². The van der Waals surface area contributed by atoms with Crippen molar-refractivity contribution in [2.75, 3.05) is 6.54 Å². The van der Waals surface area contributed by atoms with Crippen LogP contribution in [0.1, 0.15) is 44.9 Å². The molecular formula is C15H23N5. The first-order valence-corrected chi connectivity index (χ1v) is 7.15. The summed E-state index contributed by atoms with van der Waals surface area (Å²) in [5.41, 5.74) is 2.42. The zero-order valence-electron chi connectivity index (χ0n) is 12.7. The fourth-order valence-electron chi connectivity index (χ4n) is 2.23. The van der Waals surface area contributed by atoms with E-state index in [0.717, 1.165) is 18.9 Å². The quantitative estimate of drug-likeness (QED) is 0.878. The fraction of sp³-hybridized carbons (Fsp3) is 0.533. The molecule has 0 unspecified atom stereocenters. The fourth-order valence-corrected chi connectivity index (χ4v) is 2.23. The molecule has 20 heavy (non-hydrogen) atoms. The van der Waals surface area contributed by atoms with Crippen LogP contribution in [0.2, 0.25) is 0 Å². The van der Waals surface area contributed by atoms with E-state index in [-0.39, 0.29) is 0 Å². The molecular weight excluding hydrogens is 250 g/mol. The average molecular weight is 273 g/mol. The van der Waals surface area contributed by atoms with Gasteiger partial charge in [-0.2, -0.15) is 10.2 Å². The van der Waals surface area contributed by atoms with Gasteiger partial charge in [-0.15, -0.1) is 5.10 Å². The molecule has 0 aliphatic carbocycles. The van der Waals surface area contributed by atoms with Crippen LogP contribution < -0.4 is 5.32 Å². The van der Waals surface area contributed by atoms with Gasteiger partial charge in [0.2, 0.25) is 0 Å². The number of hydrogen-bond acceptors (Lipinski definition) is 4. The highest BCUT2D eigenvalue weighted by atomic mass is 15.3. The summed E-state index contributed by atoms with van der Waals surface area (Å²) in [5.74, 6) is 1.80. The third-order valence-corrected chi connectivity index (χ3v) is 3.08.